The molecule has 1 fully saturated rings. The highest BCUT2D eigenvalue weighted by Crippen LogP contribution is 2.27. The Hall–Kier alpha value is -1.86. The number of allylic oxidation sites excluding steroid dienone is 3. The molecule has 1 saturated heterocycles. The molecule has 0 bridgehead atoms. The van der Waals surface area contributed by atoms with Gasteiger partial charge in [-0.3, -0.25) is 9.59 Å². The van der Waals surface area contributed by atoms with Gasteiger partial charge in [0.1, 0.15) is 24.4 Å². The van der Waals surface area contributed by atoms with Crippen LogP contribution in [0, 0.1) is 0 Å². The minimum atomic E-state index is -1.61. The second-order valence-corrected chi connectivity index (χ2v) is 26.0. The molecule has 0 aliphatic carbocycles. The largest absolute Gasteiger partial charge is 0.454 e. The summed E-state index contributed by atoms with van der Waals surface area (Å²) in [4.78, 5) is 26.7. The van der Waals surface area contributed by atoms with Crippen molar-refractivity contribution in [1.82, 2.24) is 5.32 Å². The van der Waals surface area contributed by atoms with Crippen LogP contribution in [0.4, 0.5) is 0 Å². The smallest absolute Gasteiger partial charge is 0.306 e. The van der Waals surface area contributed by atoms with Crippen molar-refractivity contribution in [3.63, 3.8) is 0 Å². The van der Waals surface area contributed by atoms with Crippen LogP contribution in [-0.4, -0.2) is 99.6 Å². The first-order chi connectivity index (χ1) is 41.7. The van der Waals surface area contributed by atoms with E-state index < -0.39 is 67.4 Å². The zero-order valence-corrected chi connectivity index (χ0v) is 56.0. The van der Waals surface area contributed by atoms with E-state index in [2.05, 4.69) is 38.2 Å². The lowest BCUT2D eigenvalue weighted by molar-refractivity contribution is -0.305. The van der Waals surface area contributed by atoms with Crippen molar-refractivity contribution in [2.24, 2.45) is 0 Å². The third-order valence-corrected chi connectivity index (χ3v) is 17.9. The van der Waals surface area contributed by atoms with E-state index in [0.29, 0.717) is 19.3 Å². The number of amides is 1. The van der Waals surface area contributed by atoms with Crippen LogP contribution in [-0.2, 0) is 23.8 Å². The van der Waals surface area contributed by atoms with Gasteiger partial charge in [0.2, 0.25) is 5.91 Å². The lowest BCUT2D eigenvalue weighted by Crippen LogP contribution is -2.61. The van der Waals surface area contributed by atoms with Gasteiger partial charge < -0.3 is 45.1 Å². The Bertz CT molecular complexity index is 1480. The van der Waals surface area contributed by atoms with Crippen LogP contribution in [0.15, 0.2) is 24.3 Å². The molecule has 1 rings (SSSR count). The van der Waals surface area contributed by atoms with Crippen molar-refractivity contribution in [3.05, 3.63) is 24.3 Å². The summed E-state index contributed by atoms with van der Waals surface area (Å²) < 4.78 is 17.7. The normalized spacial score (nSPS) is 18.4. The minimum Gasteiger partial charge on any atom is -0.454 e. The summed E-state index contributed by atoms with van der Waals surface area (Å²) in [5.41, 5.74) is 0. The van der Waals surface area contributed by atoms with E-state index in [1.54, 1.807) is 6.08 Å². The van der Waals surface area contributed by atoms with Crippen LogP contribution in [0.25, 0.3) is 0 Å². The fourth-order valence-corrected chi connectivity index (χ4v) is 12.0. The molecule has 0 spiro atoms. The maximum Gasteiger partial charge on any atom is 0.306 e. The van der Waals surface area contributed by atoms with Gasteiger partial charge in [-0.25, -0.2) is 0 Å². The Morgan fingerprint density at radius 3 is 1.14 bits per heavy atom. The Kier molecular flexibility index (Phi) is 59.5. The Balaban J connectivity index is 2.51. The van der Waals surface area contributed by atoms with Crippen molar-refractivity contribution in [2.45, 2.75) is 423 Å². The standard InChI is InChI=1S/C74H141NO10/c1-4-7-10-13-16-19-22-24-26-28-30-32-33-34-35-36-38-40-42-44-47-50-53-56-59-62-69(79)85-72-71(81)70(80)68(63-76)84-74(72)83-64-65(66(77)60-57-54-51-48-45-21-18-15-12-9-6-3)75-73(82)67(78)61-58-55-52-49-46-43-41-39-37-31-29-27-25-23-20-17-14-11-8-5-2/h24,26,57,60,65-68,70-72,74,76-78,80-81H,4-23,25,27-56,58-59,61-64H2,1-3H3,(H,75,82)/b26-24+,60-57+. The van der Waals surface area contributed by atoms with Crippen molar-refractivity contribution in [3.8, 4) is 0 Å². The van der Waals surface area contributed by atoms with E-state index in [1.807, 2.05) is 6.08 Å². The lowest BCUT2D eigenvalue weighted by Gasteiger charge is -2.41. The third kappa shape index (κ3) is 49.6. The molecule has 11 nitrogen and oxygen atoms in total. The number of ether oxygens (including phenoxy) is 3. The fourth-order valence-electron chi connectivity index (χ4n) is 12.0. The predicted molar refractivity (Wildman–Crippen MR) is 357 cm³/mol. The van der Waals surface area contributed by atoms with Gasteiger partial charge >= 0.3 is 5.97 Å². The summed E-state index contributed by atoms with van der Waals surface area (Å²) in [6.07, 6.45) is 65.2. The summed E-state index contributed by atoms with van der Waals surface area (Å²) in [7, 11) is 0. The van der Waals surface area contributed by atoms with Gasteiger partial charge in [0.15, 0.2) is 12.4 Å². The molecule has 1 aliphatic rings. The van der Waals surface area contributed by atoms with Gasteiger partial charge in [-0.15, -0.1) is 0 Å². The minimum absolute atomic E-state index is 0.129. The average Bonchev–Trinajstić information content (AvgIpc) is 2.90. The highest BCUT2D eigenvalue weighted by Gasteiger charge is 2.47. The summed E-state index contributed by atoms with van der Waals surface area (Å²) >= 11 is 0. The zero-order valence-electron chi connectivity index (χ0n) is 56.0. The van der Waals surface area contributed by atoms with Gasteiger partial charge in [0.05, 0.1) is 25.4 Å². The van der Waals surface area contributed by atoms with Gasteiger partial charge in [-0.2, -0.15) is 0 Å². The number of aliphatic hydroxyl groups excluding tert-OH is 5. The monoisotopic (exact) mass is 1200 g/mol. The van der Waals surface area contributed by atoms with E-state index in [4.69, 9.17) is 14.2 Å². The molecule has 1 aliphatic heterocycles. The predicted octanol–water partition coefficient (Wildman–Crippen LogP) is 19.2. The van der Waals surface area contributed by atoms with Crippen LogP contribution < -0.4 is 5.32 Å². The first-order valence-corrected chi connectivity index (χ1v) is 37.1. The first-order valence-electron chi connectivity index (χ1n) is 37.1. The van der Waals surface area contributed by atoms with E-state index in [9.17, 15) is 35.1 Å². The van der Waals surface area contributed by atoms with E-state index in [-0.39, 0.29) is 13.0 Å². The number of carbonyl (C=O) groups is 2. The molecule has 8 unspecified atom stereocenters. The van der Waals surface area contributed by atoms with Crippen LogP contribution >= 0.6 is 0 Å². The van der Waals surface area contributed by atoms with Crippen molar-refractivity contribution in [1.29, 1.82) is 0 Å². The molecule has 0 radical (unpaired) electrons. The molecule has 1 amide bonds. The zero-order chi connectivity index (χ0) is 61.7. The summed E-state index contributed by atoms with van der Waals surface area (Å²) in [5.74, 6) is -1.17. The van der Waals surface area contributed by atoms with Crippen LogP contribution in [0.3, 0.4) is 0 Å². The van der Waals surface area contributed by atoms with Crippen LogP contribution in [0.5, 0.6) is 0 Å². The molecule has 0 saturated carbocycles. The molecule has 11 heteroatoms. The maximum atomic E-state index is 13.5. The van der Waals surface area contributed by atoms with E-state index in [1.165, 1.54) is 270 Å². The maximum absolute atomic E-state index is 13.5. The number of aliphatic hydroxyl groups is 5. The van der Waals surface area contributed by atoms with Gasteiger partial charge in [-0.1, -0.05) is 340 Å². The SMILES string of the molecule is CCCCCCCC/C=C/CCCCCCCCCCCCCCCCCC(=O)OC1C(OCC(NC(=O)C(O)CCCCCCCCCCCCCCCCCCCCCC)C(O)/C=C/CCCCCCCCCCC)OC(CO)C(O)C1O. The third-order valence-electron chi connectivity index (χ3n) is 17.9. The topological polar surface area (TPSA) is 175 Å². The molecule has 0 aromatic rings. The van der Waals surface area contributed by atoms with Crippen molar-refractivity contribution in [2.75, 3.05) is 13.2 Å². The number of esters is 1. The number of hydrogen-bond donors (Lipinski definition) is 6. The number of nitrogens with one attached hydrogen (secondary N) is 1. The lowest BCUT2D eigenvalue weighted by atomic mass is 9.99. The highest BCUT2D eigenvalue weighted by molar-refractivity contribution is 5.80. The van der Waals surface area contributed by atoms with Crippen molar-refractivity contribution < 1.29 is 49.3 Å². The van der Waals surface area contributed by atoms with E-state index >= 15 is 0 Å². The molecule has 8 atom stereocenters. The van der Waals surface area contributed by atoms with Crippen molar-refractivity contribution >= 4 is 11.9 Å². The second-order valence-electron chi connectivity index (χ2n) is 26.0. The molecule has 0 aromatic heterocycles. The molecule has 85 heavy (non-hydrogen) atoms. The van der Waals surface area contributed by atoms with Crippen LogP contribution in [0.2, 0.25) is 0 Å². The molecule has 1 heterocycles. The summed E-state index contributed by atoms with van der Waals surface area (Å²) in [6.45, 7) is 5.85. The number of unbranched alkanes of at least 4 members (excludes halogenated alkanes) is 49. The number of carbonyl (C=O) groups excluding carboxylic acids is 2. The van der Waals surface area contributed by atoms with Gasteiger partial charge in [-0.05, 0) is 51.4 Å². The Labute approximate surface area is 524 Å². The number of hydrogen-bond acceptors (Lipinski definition) is 10. The Morgan fingerprint density at radius 1 is 0.447 bits per heavy atom. The first kappa shape index (κ1) is 81.2. The summed E-state index contributed by atoms with van der Waals surface area (Å²) in [5, 5.41) is 57.3. The molecular formula is C74H141NO10. The summed E-state index contributed by atoms with van der Waals surface area (Å²) in [6, 6.07) is -1.02. The fraction of sp³-hybridized carbons (Fsp3) is 0.919. The molecular weight excluding hydrogens is 1060 g/mol. The van der Waals surface area contributed by atoms with Gasteiger partial charge in [0.25, 0.3) is 0 Å². The highest BCUT2D eigenvalue weighted by atomic mass is 16.7. The number of rotatable bonds is 65. The van der Waals surface area contributed by atoms with Crippen LogP contribution in [0.1, 0.15) is 374 Å². The Morgan fingerprint density at radius 2 is 0.776 bits per heavy atom. The molecule has 502 valence electrons. The second kappa shape index (κ2) is 62.3. The quantitative estimate of drug-likeness (QED) is 0.0195. The van der Waals surface area contributed by atoms with Gasteiger partial charge in [0, 0.05) is 6.42 Å². The molecule has 6 N–H and O–H groups in total. The average molecular weight is 1200 g/mol. The van der Waals surface area contributed by atoms with E-state index in [0.717, 1.165) is 57.8 Å². The molecule has 0 aromatic carbocycles.